The second-order valence-electron chi connectivity index (χ2n) is 10.5. The molecule has 0 aromatic heterocycles. The van der Waals surface area contributed by atoms with Crippen LogP contribution in [-0.4, -0.2) is 55.3 Å². The lowest BCUT2D eigenvalue weighted by molar-refractivity contribution is -0.138. The molecule has 1 amide bonds. The van der Waals surface area contributed by atoms with E-state index >= 15 is 0 Å². The van der Waals surface area contributed by atoms with Crippen LogP contribution in [0.3, 0.4) is 0 Å². The molecule has 0 aromatic carbocycles. The molecular formula is C23H35N3O3. The number of rotatable bonds is 2. The number of aliphatic imine (C=N–C) groups is 1. The van der Waals surface area contributed by atoms with E-state index in [1.165, 1.54) is 12.1 Å². The highest BCUT2D eigenvalue weighted by molar-refractivity contribution is 6.07. The molecule has 160 valence electrons. The molecule has 1 unspecified atom stereocenters. The van der Waals surface area contributed by atoms with Crippen LogP contribution in [0.1, 0.15) is 58.8 Å². The van der Waals surface area contributed by atoms with Gasteiger partial charge >= 0.3 is 0 Å². The fourth-order valence-corrected chi connectivity index (χ4v) is 7.54. The third-order valence-corrected chi connectivity index (χ3v) is 9.29. The molecule has 3 aliphatic carbocycles. The van der Waals surface area contributed by atoms with E-state index in [0.29, 0.717) is 49.6 Å². The number of ether oxygens (including phenoxy) is 1. The van der Waals surface area contributed by atoms with Gasteiger partial charge in [-0.2, -0.15) is 0 Å². The average molecular weight is 402 g/mol. The molecule has 1 saturated heterocycles. The molecule has 0 radical (unpaired) electrons. The van der Waals surface area contributed by atoms with Crippen molar-refractivity contribution in [2.24, 2.45) is 39.5 Å². The molecule has 4 fully saturated rings. The Kier molecular flexibility index (Phi) is 4.86. The fraction of sp³-hybridized carbons (Fsp3) is 0.870. The summed E-state index contributed by atoms with van der Waals surface area (Å²) in [4.78, 5) is 30.2. The monoisotopic (exact) mass is 401 g/mol. The van der Waals surface area contributed by atoms with E-state index in [2.05, 4.69) is 19.3 Å². The Labute approximate surface area is 173 Å². The molecule has 3 saturated carbocycles. The number of fused-ring (bicyclic) bond motifs is 5. The number of amides is 1. The van der Waals surface area contributed by atoms with Gasteiger partial charge in [0.25, 0.3) is 0 Å². The molecule has 29 heavy (non-hydrogen) atoms. The second kappa shape index (κ2) is 7.16. The van der Waals surface area contributed by atoms with Crippen molar-refractivity contribution < 1.29 is 14.3 Å². The van der Waals surface area contributed by atoms with Crippen LogP contribution >= 0.6 is 0 Å². The first-order valence-corrected chi connectivity index (χ1v) is 11.6. The van der Waals surface area contributed by atoms with Gasteiger partial charge in [0.05, 0.1) is 13.2 Å². The topological polar surface area (TPSA) is 71.0 Å². The molecule has 2 heterocycles. The molecule has 0 aromatic rings. The summed E-state index contributed by atoms with van der Waals surface area (Å²) < 4.78 is 5.40. The number of hydrazine groups is 1. The molecular weight excluding hydrogens is 366 g/mol. The highest BCUT2D eigenvalue weighted by Crippen LogP contribution is 2.63. The van der Waals surface area contributed by atoms with Crippen LogP contribution in [0, 0.1) is 34.5 Å². The summed E-state index contributed by atoms with van der Waals surface area (Å²) in [6.07, 6.45) is 6.68. The number of carbonyl (C=O) groups is 2. The maximum absolute atomic E-state index is 13.2. The predicted octanol–water partition coefficient (Wildman–Crippen LogP) is 2.62. The number of carbonyl (C=O) groups excluding carboxylic acids is 2. The van der Waals surface area contributed by atoms with Gasteiger partial charge in [-0.05, 0) is 55.3 Å². The van der Waals surface area contributed by atoms with Gasteiger partial charge in [0.15, 0.2) is 0 Å². The van der Waals surface area contributed by atoms with Gasteiger partial charge in [0.1, 0.15) is 5.78 Å². The van der Waals surface area contributed by atoms with Crippen LogP contribution in [0.15, 0.2) is 4.99 Å². The zero-order chi connectivity index (χ0) is 20.2. The molecule has 5 rings (SSSR count). The third-order valence-electron chi connectivity index (χ3n) is 9.29. The van der Waals surface area contributed by atoms with Crippen molar-refractivity contribution in [3.8, 4) is 0 Å². The van der Waals surface area contributed by atoms with Crippen LogP contribution < -0.4 is 5.43 Å². The molecule has 6 heteroatoms. The van der Waals surface area contributed by atoms with Gasteiger partial charge in [-0.1, -0.05) is 13.8 Å². The third kappa shape index (κ3) is 3.09. The summed E-state index contributed by atoms with van der Waals surface area (Å²) >= 11 is 0. The number of morpholine rings is 1. The number of nitrogens with zero attached hydrogens (tertiary/aromatic N) is 2. The van der Waals surface area contributed by atoms with Crippen LogP contribution in [-0.2, 0) is 14.3 Å². The van der Waals surface area contributed by atoms with Crippen LogP contribution in [0.5, 0.6) is 0 Å². The number of hydrogen-bond donors (Lipinski definition) is 1. The van der Waals surface area contributed by atoms with Gasteiger partial charge in [-0.25, -0.2) is 5.01 Å². The first-order chi connectivity index (χ1) is 13.9. The van der Waals surface area contributed by atoms with Crippen molar-refractivity contribution in [1.82, 2.24) is 10.4 Å². The summed E-state index contributed by atoms with van der Waals surface area (Å²) in [5, 5.41) is 2.03. The van der Waals surface area contributed by atoms with Crippen LogP contribution in [0.2, 0.25) is 0 Å². The van der Waals surface area contributed by atoms with Crippen molar-refractivity contribution in [1.29, 1.82) is 0 Å². The maximum Gasteiger partial charge on any atom is 0.237 e. The van der Waals surface area contributed by atoms with Crippen molar-refractivity contribution in [2.75, 3.05) is 32.8 Å². The van der Waals surface area contributed by atoms with Gasteiger partial charge in [0.2, 0.25) is 5.91 Å². The SMILES string of the molecule is C[C@]12CCC(=O)CC1=NC[C@@H]1[C@H]2CC[C@]2(C)C(C(=O)NN3CCOCC3)CC[C@@H]12. The van der Waals surface area contributed by atoms with Crippen molar-refractivity contribution in [2.45, 2.75) is 58.8 Å². The Morgan fingerprint density at radius 2 is 1.93 bits per heavy atom. The van der Waals surface area contributed by atoms with Crippen LogP contribution in [0.4, 0.5) is 0 Å². The number of nitrogens with one attached hydrogen (secondary N) is 1. The van der Waals surface area contributed by atoms with Crippen molar-refractivity contribution in [3.05, 3.63) is 0 Å². The van der Waals surface area contributed by atoms with E-state index in [-0.39, 0.29) is 22.7 Å². The summed E-state index contributed by atoms with van der Waals surface area (Å²) in [6.45, 7) is 8.54. The highest BCUT2D eigenvalue weighted by Gasteiger charge is 2.60. The maximum atomic E-state index is 13.2. The molecule has 1 N–H and O–H groups in total. The van der Waals surface area contributed by atoms with E-state index < -0.39 is 0 Å². The van der Waals surface area contributed by atoms with Crippen molar-refractivity contribution in [3.63, 3.8) is 0 Å². The van der Waals surface area contributed by atoms with Gasteiger partial charge in [-0.3, -0.25) is 20.0 Å². The standard InChI is InChI=1S/C23H35N3O3/c1-22-8-6-18-16(14-24-20-13-15(27)5-7-23(18,20)2)17(22)3-4-19(22)21(28)25-26-9-11-29-12-10-26/h16-19H,3-14H2,1-2H3,(H,25,28)/t16-,17-,18+,19?,22-,23+/m0/s1. The fourth-order valence-electron chi connectivity index (χ4n) is 7.54. The summed E-state index contributed by atoms with van der Waals surface area (Å²) in [5.41, 5.74) is 4.56. The van der Waals surface area contributed by atoms with Gasteiger partial charge in [-0.15, -0.1) is 0 Å². The van der Waals surface area contributed by atoms with Gasteiger partial charge < -0.3 is 4.74 Å². The minimum Gasteiger partial charge on any atom is -0.379 e. The van der Waals surface area contributed by atoms with E-state index in [1.807, 2.05) is 5.01 Å². The molecule has 6 nitrogen and oxygen atoms in total. The zero-order valence-corrected chi connectivity index (χ0v) is 17.9. The lowest BCUT2D eigenvalue weighted by Crippen LogP contribution is -2.56. The number of hydrogen-bond acceptors (Lipinski definition) is 5. The van der Waals surface area contributed by atoms with Crippen LogP contribution in [0.25, 0.3) is 0 Å². The van der Waals surface area contributed by atoms with Crippen molar-refractivity contribution >= 4 is 17.4 Å². The zero-order valence-electron chi connectivity index (χ0n) is 17.9. The smallest absolute Gasteiger partial charge is 0.237 e. The lowest BCUT2D eigenvalue weighted by Gasteiger charge is -2.56. The largest absolute Gasteiger partial charge is 0.379 e. The van der Waals surface area contributed by atoms with E-state index in [9.17, 15) is 9.59 Å². The summed E-state index contributed by atoms with van der Waals surface area (Å²) in [7, 11) is 0. The van der Waals surface area contributed by atoms with E-state index in [4.69, 9.17) is 9.73 Å². The normalized spacial score (nSPS) is 45.0. The average Bonchev–Trinajstić information content (AvgIpc) is 3.06. The Morgan fingerprint density at radius 3 is 2.72 bits per heavy atom. The second-order valence-corrected chi connectivity index (χ2v) is 10.5. The first-order valence-electron chi connectivity index (χ1n) is 11.6. The number of Topliss-reactive ketones (excluding diaryl/α,β-unsaturated/α-hetero) is 1. The summed E-state index contributed by atoms with van der Waals surface area (Å²) in [5.74, 6) is 2.44. The lowest BCUT2D eigenvalue weighted by atomic mass is 9.49. The van der Waals surface area contributed by atoms with E-state index in [0.717, 1.165) is 45.3 Å². The Bertz CT molecular complexity index is 731. The highest BCUT2D eigenvalue weighted by atomic mass is 16.5. The molecule has 2 aliphatic heterocycles. The minimum atomic E-state index is 0.0748. The molecule has 5 aliphatic rings. The minimum absolute atomic E-state index is 0.0748. The van der Waals surface area contributed by atoms with E-state index in [1.54, 1.807) is 0 Å². The molecule has 0 bridgehead atoms. The first kappa shape index (κ1) is 19.7. The predicted molar refractivity (Wildman–Crippen MR) is 110 cm³/mol. The molecule has 6 atom stereocenters. The molecule has 0 spiro atoms. The summed E-state index contributed by atoms with van der Waals surface area (Å²) in [6, 6.07) is 0. The Balaban J connectivity index is 1.34. The Morgan fingerprint density at radius 1 is 1.14 bits per heavy atom. The Hall–Kier alpha value is -1.27. The number of ketones is 1. The quantitative estimate of drug-likeness (QED) is 0.772. The van der Waals surface area contributed by atoms with Gasteiger partial charge in [0, 0.05) is 49.5 Å².